The minimum atomic E-state index is -0.614. The highest BCUT2D eigenvalue weighted by molar-refractivity contribution is 6.18. The van der Waals surface area contributed by atoms with Crippen LogP contribution in [0.1, 0.15) is 24.2 Å². The van der Waals surface area contributed by atoms with Crippen LogP contribution in [0.25, 0.3) is 0 Å². The molecule has 0 spiro atoms. The number of ether oxygens (including phenoxy) is 1. The Bertz CT molecular complexity index is 464. The van der Waals surface area contributed by atoms with Crippen molar-refractivity contribution in [3.8, 4) is 0 Å². The molecule has 0 aliphatic carbocycles. The van der Waals surface area contributed by atoms with E-state index >= 15 is 0 Å². The topological polar surface area (TPSA) is 61.8 Å². The third-order valence-corrected chi connectivity index (χ3v) is 3.59. The molecule has 1 rings (SSSR count). The molecule has 0 radical (unpaired) electrons. The molecule has 1 aromatic rings. The summed E-state index contributed by atoms with van der Waals surface area (Å²) in [4.78, 5) is 13.8. The number of methoxy groups -OCH3 is 1. The quantitative estimate of drug-likeness (QED) is 0.569. The van der Waals surface area contributed by atoms with Crippen LogP contribution in [0, 0.1) is 0 Å². The summed E-state index contributed by atoms with van der Waals surface area (Å²) in [6.45, 7) is 6.08. The maximum Gasteiger partial charge on any atom is 0.337 e. The fourth-order valence-corrected chi connectivity index (χ4v) is 2.14. The summed E-state index contributed by atoms with van der Waals surface area (Å²) in [6.07, 6.45) is -0.614. The number of carbonyl (C=O) groups is 1. The molecule has 0 heterocycles. The van der Waals surface area contributed by atoms with Crippen LogP contribution in [0.4, 0.5) is 11.4 Å². The molecular weight excluding hydrogens is 292 g/mol. The molecule has 0 bridgehead atoms. The number of carbonyl (C=O) groups excluding carboxylic acids is 1. The standard InChI is InChI=1S/C15H23ClN2O3/c1-4-18(5-2)14-8-11(15(20)21-3)6-7-13(14)17-10-12(19)9-16/h6-8,12,17,19H,4-5,9-10H2,1-3H3. The molecule has 0 fully saturated rings. The molecule has 0 aromatic heterocycles. The SMILES string of the molecule is CCN(CC)c1cc(C(=O)OC)ccc1NCC(O)CCl. The van der Waals surface area contributed by atoms with Crippen molar-refractivity contribution in [2.24, 2.45) is 0 Å². The van der Waals surface area contributed by atoms with Gasteiger partial charge in [-0.3, -0.25) is 0 Å². The van der Waals surface area contributed by atoms with Gasteiger partial charge in [-0.1, -0.05) is 0 Å². The van der Waals surface area contributed by atoms with Gasteiger partial charge in [0.1, 0.15) is 0 Å². The number of alkyl halides is 1. The van der Waals surface area contributed by atoms with Crippen molar-refractivity contribution in [3.63, 3.8) is 0 Å². The minimum absolute atomic E-state index is 0.174. The molecule has 0 aliphatic rings. The van der Waals surface area contributed by atoms with Crippen LogP contribution in [0.2, 0.25) is 0 Å². The van der Waals surface area contributed by atoms with Gasteiger partial charge in [-0.15, -0.1) is 11.6 Å². The van der Waals surface area contributed by atoms with Gasteiger partial charge in [0, 0.05) is 19.6 Å². The Morgan fingerprint density at radius 2 is 2.10 bits per heavy atom. The number of benzene rings is 1. The van der Waals surface area contributed by atoms with Crippen LogP contribution in [-0.4, -0.2) is 49.8 Å². The van der Waals surface area contributed by atoms with Crippen LogP contribution >= 0.6 is 11.6 Å². The van der Waals surface area contributed by atoms with E-state index < -0.39 is 6.10 Å². The van der Waals surface area contributed by atoms with Gasteiger partial charge in [0.2, 0.25) is 0 Å². The van der Waals surface area contributed by atoms with E-state index in [0.717, 1.165) is 24.5 Å². The lowest BCUT2D eigenvalue weighted by atomic mass is 10.1. The first-order chi connectivity index (χ1) is 10.1. The zero-order chi connectivity index (χ0) is 15.8. The molecule has 0 saturated carbocycles. The molecular formula is C15H23ClN2O3. The van der Waals surface area contributed by atoms with Crippen LogP contribution in [0.3, 0.4) is 0 Å². The third-order valence-electron chi connectivity index (χ3n) is 3.23. The number of hydrogen-bond donors (Lipinski definition) is 2. The highest BCUT2D eigenvalue weighted by Crippen LogP contribution is 2.27. The Morgan fingerprint density at radius 1 is 1.43 bits per heavy atom. The molecule has 21 heavy (non-hydrogen) atoms. The zero-order valence-electron chi connectivity index (χ0n) is 12.7. The van der Waals surface area contributed by atoms with E-state index in [1.165, 1.54) is 7.11 Å². The Morgan fingerprint density at radius 3 is 2.62 bits per heavy atom. The van der Waals surface area contributed by atoms with E-state index in [2.05, 4.69) is 10.2 Å². The summed E-state index contributed by atoms with van der Waals surface area (Å²) in [5, 5.41) is 12.7. The fourth-order valence-electron chi connectivity index (χ4n) is 2.03. The summed E-state index contributed by atoms with van der Waals surface area (Å²) >= 11 is 5.60. The van der Waals surface area contributed by atoms with Crippen LogP contribution < -0.4 is 10.2 Å². The highest BCUT2D eigenvalue weighted by Gasteiger charge is 2.14. The molecule has 6 heteroatoms. The molecule has 5 nitrogen and oxygen atoms in total. The molecule has 1 aromatic carbocycles. The lowest BCUT2D eigenvalue weighted by Gasteiger charge is -2.25. The van der Waals surface area contributed by atoms with E-state index in [1.54, 1.807) is 12.1 Å². The predicted molar refractivity (Wildman–Crippen MR) is 86.6 cm³/mol. The van der Waals surface area contributed by atoms with Crippen LogP contribution in [0.15, 0.2) is 18.2 Å². The average molecular weight is 315 g/mol. The van der Waals surface area contributed by atoms with Gasteiger partial charge < -0.3 is 20.1 Å². The first-order valence-corrected chi connectivity index (χ1v) is 7.55. The molecule has 0 aliphatic heterocycles. The first kappa shape index (κ1) is 17.6. The zero-order valence-corrected chi connectivity index (χ0v) is 13.5. The monoisotopic (exact) mass is 314 g/mol. The summed E-state index contributed by atoms with van der Waals surface area (Å²) in [6, 6.07) is 5.32. The second-order valence-electron chi connectivity index (χ2n) is 4.58. The lowest BCUT2D eigenvalue weighted by Crippen LogP contribution is -2.26. The summed E-state index contributed by atoms with van der Waals surface area (Å²) in [5.74, 6) is -0.191. The number of aliphatic hydroxyl groups excluding tert-OH is 1. The summed E-state index contributed by atoms with van der Waals surface area (Å²) < 4.78 is 4.76. The lowest BCUT2D eigenvalue weighted by molar-refractivity contribution is 0.0601. The maximum atomic E-state index is 11.7. The van der Waals surface area contributed by atoms with Crippen molar-refractivity contribution in [2.75, 3.05) is 42.8 Å². The predicted octanol–water partition coefficient (Wildman–Crippen LogP) is 2.33. The van der Waals surface area contributed by atoms with Crippen molar-refractivity contribution >= 4 is 28.9 Å². The minimum Gasteiger partial charge on any atom is -0.465 e. The van der Waals surface area contributed by atoms with Gasteiger partial charge in [-0.2, -0.15) is 0 Å². The van der Waals surface area contributed by atoms with Crippen LogP contribution in [-0.2, 0) is 4.74 Å². The van der Waals surface area contributed by atoms with Crippen molar-refractivity contribution in [1.82, 2.24) is 0 Å². The smallest absolute Gasteiger partial charge is 0.337 e. The van der Waals surface area contributed by atoms with Gasteiger partial charge in [0.05, 0.1) is 36.0 Å². The van der Waals surface area contributed by atoms with Crippen LogP contribution in [0.5, 0.6) is 0 Å². The number of rotatable bonds is 8. The Hall–Kier alpha value is -1.46. The molecule has 1 unspecified atom stereocenters. The van der Waals surface area contributed by atoms with E-state index in [0.29, 0.717) is 12.1 Å². The second kappa shape index (κ2) is 8.74. The normalized spacial score (nSPS) is 11.9. The number of esters is 1. The van der Waals surface area contributed by atoms with Crippen molar-refractivity contribution in [3.05, 3.63) is 23.8 Å². The molecule has 1 atom stereocenters. The Kier molecular flexibility index (Phi) is 7.32. The molecule has 118 valence electrons. The van der Waals surface area contributed by atoms with Crippen molar-refractivity contribution in [2.45, 2.75) is 20.0 Å². The maximum absolute atomic E-state index is 11.7. The summed E-state index contributed by atoms with van der Waals surface area (Å²) in [5.41, 5.74) is 2.27. The van der Waals surface area contributed by atoms with E-state index in [9.17, 15) is 9.90 Å². The number of nitrogens with zero attached hydrogens (tertiary/aromatic N) is 1. The fraction of sp³-hybridized carbons (Fsp3) is 0.533. The van der Waals surface area contributed by atoms with E-state index in [4.69, 9.17) is 16.3 Å². The molecule has 0 amide bonds. The first-order valence-electron chi connectivity index (χ1n) is 7.02. The number of aliphatic hydroxyl groups is 1. The third kappa shape index (κ3) is 4.79. The number of anilines is 2. The number of halogens is 1. The van der Waals surface area contributed by atoms with Gasteiger partial charge in [0.25, 0.3) is 0 Å². The number of hydrogen-bond acceptors (Lipinski definition) is 5. The van der Waals surface area contributed by atoms with Gasteiger partial charge in [0.15, 0.2) is 0 Å². The molecule has 2 N–H and O–H groups in total. The van der Waals surface area contributed by atoms with Crippen molar-refractivity contribution in [1.29, 1.82) is 0 Å². The largest absolute Gasteiger partial charge is 0.465 e. The van der Waals surface area contributed by atoms with Gasteiger partial charge in [-0.25, -0.2) is 4.79 Å². The Labute approximate surface area is 130 Å². The second-order valence-corrected chi connectivity index (χ2v) is 4.89. The summed E-state index contributed by atoms with van der Waals surface area (Å²) in [7, 11) is 1.36. The number of nitrogens with one attached hydrogen (secondary N) is 1. The van der Waals surface area contributed by atoms with E-state index in [1.807, 2.05) is 19.9 Å². The van der Waals surface area contributed by atoms with Gasteiger partial charge >= 0.3 is 5.97 Å². The van der Waals surface area contributed by atoms with Crippen molar-refractivity contribution < 1.29 is 14.6 Å². The van der Waals surface area contributed by atoms with Gasteiger partial charge in [-0.05, 0) is 32.0 Å². The average Bonchev–Trinajstić information content (AvgIpc) is 2.53. The molecule has 0 saturated heterocycles. The Balaban J connectivity index is 3.07. The van der Waals surface area contributed by atoms with E-state index in [-0.39, 0.29) is 11.8 Å². The highest BCUT2D eigenvalue weighted by atomic mass is 35.5.